The van der Waals surface area contributed by atoms with Crippen LogP contribution in [-0.4, -0.2) is 108 Å². The predicted molar refractivity (Wildman–Crippen MR) is 87.5 cm³/mol. The quantitative estimate of drug-likeness (QED) is 0.303. The highest BCUT2D eigenvalue weighted by molar-refractivity contribution is 5.73. The number of hydrogen-bond acceptors (Lipinski definition) is 11. The largest absolute Gasteiger partial charge is 0.394 e. The highest BCUT2D eigenvalue weighted by Gasteiger charge is 2.48. The minimum atomic E-state index is -2.51. The molecule has 2 saturated heterocycles. The third kappa shape index (κ3) is 6.01. The maximum atomic E-state index is 11.6. The van der Waals surface area contributed by atoms with Crippen LogP contribution in [-0.2, 0) is 33.3 Å². The molecule has 28 heavy (non-hydrogen) atoms. The second kappa shape index (κ2) is 11.5. The van der Waals surface area contributed by atoms with Crippen LogP contribution in [0.15, 0.2) is 0 Å². The summed E-state index contributed by atoms with van der Waals surface area (Å²) in [5.41, 5.74) is 0. The lowest BCUT2D eigenvalue weighted by Crippen LogP contribution is -2.66. The van der Waals surface area contributed by atoms with Crippen LogP contribution < -0.4 is 5.32 Å². The maximum absolute atomic E-state index is 11.6. The molecule has 12 nitrogen and oxygen atoms in total. The van der Waals surface area contributed by atoms with Gasteiger partial charge in [-0.1, -0.05) is 0 Å². The highest BCUT2D eigenvalue weighted by Crippen LogP contribution is 2.27. The molecule has 1 amide bonds. The Hall–Kier alpha value is -1.47. The van der Waals surface area contributed by atoms with E-state index in [2.05, 4.69) is 5.32 Å². The molecular formula is C16H27NO11. The van der Waals surface area contributed by atoms with Gasteiger partial charge in [0.2, 0.25) is 5.91 Å². The van der Waals surface area contributed by atoms with Crippen molar-refractivity contribution in [2.75, 3.05) is 20.3 Å². The third-order valence-electron chi connectivity index (χ3n) is 4.25. The number of carbonyl (C=O) groups excluding carboxylic acids is 3. The van der Waals surface area contributed by atoms with E-state index in [4.69, 9.17) is 31.3 Å². The van der Waals surface area contributed by atoms with Crippen molar-refractivity contribution in [2.45, 2.75) is 68.9 Å². The summed E-state index contributed by atoms with van der Waals surface area (Å²) in [7, 11) is 1.30. The molecule has 3 unspecified atom stereocenters. The van der Waals surface area contributed by atoms with Crippen molar-refractivity contribution in [1.29, 1.82) is 0 Å². The molecule has 0 aromatic heterocycles. The number of amides is 1. The summed E-state index contributed by atoms with van der Waals surface area (Å²) >= 11 is 0. The van der Waals surface area contributed by atoms with E-state index in [1.807, 2.05) is 0 Å². The van der Waals surface area contributed by atoms with E-state index in [9.17, 15) is 25.2 Å². The Balaban J connectivity index is 0.00000141. The van der Waals surface area contributed by atoms with Crippen LogP contribution in [0.4, 0.5) is 0 Å². The van der Waals surface area contributed by atoms with Crippen molar-refractivity contribution < 1.29 is 56.5 Å². The molecule has 9 atom stereocenters. The zero-order valence-corrected chi connectivity index (χ0v) is 15.6. The number of carbonyl (C=O) groups is 1. The van der Waals surface area contributed by atoms with Gasteiger partial charge in [-0.05, 0) is 6.92 Å². The van der Waals surface area contributed by atoms with E-state index in [0.29, 0.717) is 0 Å². The molecule has 0 saturated carbocycles. The third-order valence-corrected chi connectivity index (χ3v) is 4.25. The Morgan fingerprint density at radius 1 is 1.29 bits per heavy atom. The van der Waals surface area contributed by atoms with E-state index < -0.39 is 67.5 Å². The first-order valence-electron chi connectivity index (χ1n) is 9.32. The zero-order chi connectivity index (χ0) is 23.3. The number of aliphatic hydroxyl groups excluding tert-OH is 4. The van der Waals surface area contributed by atoms with Crippen LogP contribution in [0.3, 0.4) is 0 Å². The van der Waals surface area contributed by atoms with Crippen molar-refractivity contribution in [3.8, 4) is 0 Å². The Bertz CT molecular complexity index is 618. The standard InChI is InChI=1S/C15H27NO9.CO2/c1-6-10(16-7(2)18)14(12(20)8(4-17)24-6)25-15-13(21)11(19)9(22-3)5-23-15;2-1-3/h6,8-15,17,19-21H,4-5H2,1-3H3,(H,16,18);/t6-,8?,9+,10?,11-,12+,13?,14+,15-;/m0./s1/i6D,15D;. The molecule has 2 aliphatic heterocycles. The molecule has 2 rings (SSSR count). The molecule has 2 fully saturated rings. The summed E-state index contributed by atoms with van der Waals surface area (Å²) in [4.78, 5) is 27.8. The topological polar surface area (TPSA) is 181 Å². The number of aliphatic hydroxyl groups is 4. The number of ether oxygens (including phenoxy) is 4. The Morgan fingerprint density at radius 2 is 1.89 bits per heavy atom. The van der Waals surface area contributed by atoms with E-state index in [1.54, 1.807) is 0 Å². The smallest absolute Gasteiger partial charge is 0.373 e. The van der Waals surface area contributed by atoms with Crippen LogP contribution in [0.2, 0.25) is 0 Å². The first kappa shape index (κ1) is 21.2. The van der Waals surface area contributed by atoms with Crippen molar-refractivity contribution >= 4 is 12.1 Å². The molecule has 0 spiro atoms. The molecule has 0 radical (unpaired) electrons. The van der Waals surface area contributed by atoms with Crippen molar-refractivity contribution in [1.82, 2.24) is 5.32 Å². The lowest BCUT2D eigenvalue weighted by molar-refractivity contribution is -0.312. The number of hydrogen-bond donors (Lipinski definition) is 5. The monoisotopic (exact) mass is 411 g/mol. The fourth-order valence-electron chi connectivity index (χ4n) is 2.84. The number of nitrogens with one attached hydrogen (secondary N) is 1. The second-order valence-electron chi connectivity index (χ2n) is 6.12. The fraction of sp³-hybridized carbons (Fsp3) is 0.875. The Labute approximate surface area is 164 Å². The first-order valence-corrected chi connectivity index (χ1v) is 8.32. The van der Waals surface area contributed by atoms with E-state index in [0.717, 1.165) is 0 Å². The highest BCUT2D eigenvalue weighted by atomic mass is 16.7. The van der Waals surface area contributed by atoms with Crippen LogP contribution in [0.1, 0.15) is 16.6 Å². The summed E-state index contributed by atoms with van der Waals surface area (Å²) in [5.74, 6) is -0.547. The molecule has 162 valence electrons. The second-order valence-corrected chi connectivity index (χ2v) is 6.12. The van der Waals surface area contributed by atoms with Crippen molar-refractivity contribution in [2.24, 2.45) is 0 Å². The SMILES string of the molecule is O=C=O.[2H][C@@]1(O[C@@H]2C(NC(C)=O)[C@]([2H])(C)OC(CO)[C@H]2O)OC[C@@H](OC)[C@H](O)C1O. The van der Waals surface area contributed by atoms with Gasteiger partial charge in [0.15, 0.2) is 6.27 Å². The summed E-state index contributed by atoms with van der Waals surface area (Å²) in [6.45, 7) is 1.56. The molecule has 5 N–H and O–H groups in total. The summed E-state index contributed by atoms with van der Waals surface area (Å²) < 4.78 is 37.5. The summed E-state index contributed by atoms with van der Waals surface area (Å²) in [5, 5.41) is 42.7. The maximum Gasteiger partial charge on any atom is 0.373 e. The Morgan fingerprint density at radius 3 is 2.39 bits per heavy atom. The molecule has 2 aliphatic rings. The van der Waals surface area contributed by atoms with Crippen LogP contribution in [0.5, 0.6) is 0 Å². The minimum Gasteiger partial charge on any atom is -0.394 e. The molecule has 0 bridgehead atoms. The normalized spacial score (nSPS) is 46.9. The molecule has 0 aliphatic carbocycles. The molecule has 0 aromatic carbocycles. The minimum absolute atomic E-state index is 0.250. The van der Waals surface area contributed by atoms with Gasteiger partial charge in [0, 0.05) is 14.0 Å². The molecule has 2 heterocycles. The zero-order valence-electron chi connectivity index (χ0n) is 17.6. The van der Waals surface area contributed by atoms with Gasteiger partial charge in [0.1, 0.15) is 36.6 Å². The van der Waals surface area contributed by atoms with Crippen molar-refractivity contribution in [3.63, 3.8) is 0 Å². The molecular weight excluding hydrogens is 382 g/mol. The summed E-state index contributed by atoms with van der Waals surface area (Å²) in [6.07, 6.45) is -12.6. The molecule has 0 aromatic rings. The van der Waals surface area contributed by atoms with Crippen LogP contribution in [0.25, 0.3) is 0 Å². The van der Waals surface area contributed by atoms with E-state index in [-0.39, 0.29) is 12.8 Å². The van der Waals surface area contributed by atoms with Gasteiger partial charge in [0.25, 0.3) is 0 Å². The summed E-state index contributed by atoms with van der Waals surface area (Å²) in [6, 6.07) is -1.26. The van der Waals surface area contributed by atoms with Gasteiger partial charge in [-0.25, -0.2) is 0 Å². The molecule has 12 heteroatoms. The lowest BCUT2D eigenvalue weighted by atomic mass is 9.93. The van der Waals surface area contributed by atoms with Crippen LogP contribution in [0, 0.1) is 0 Å². The Kier molecular flexibility index (Phi) is 8.73. The van der Waals surface area contributed by atoms with Crippen LogP contribution >= 0.6 is 0 Å². The van der Waals surface area contributed by atoms with Gasteiger partial charge in [-0.2, -0.15) is 9.59 Å². The van der Waals surface area contributed by atoms with Crippen molar-refractivity contribution in [3.05, 3.63) is 0 Å². The average molecular weight is 411 g/mol. The van der Waals surface area contributed by atoms with E-state index in [1.165, 1.54) is 21.0 Å². The lowest BCUT2D eigenvalue weighted by Gasteiger charge is -2.46. The average Bonchev–Trinajstić information content (AvgIpc) is 2.66. The van der Waals surface area contributed by atoms with Gasteiger partial charge >= 0.3 is 6.15 Å². The number of methoxy groups -OCH3 is 1. The number of rotatable bonds is 5. The van der Waals surface area contributed by atoms with Gasteiger partial charge in [0.05, 0.1) is 28.1 Å². The fourth-order valence-corrected chi connectivity index (χ4v) is 2.84. The van der Waals surface area contributed by atoms with E-state index >= 15 is 0 Å². The van der Waals surface area contributed by atoms with Gasteiger partial charge < -0.3 is 44.7 Å². The predicted octanol–water partition coefficient (Wildman–Crippen LogP) is -3.47. The van der Waals surface area contributed by atoms with Gasteiger partial charge in [-0.3, -0.25) is 4.79 Å². The first-order chi connectivity index (χ1) is 13.9. The van der Waals surface area contributed by atoms with Gasteiger partial charge in [-0.15, -0.1) is 0 Å².